The molecule has 1 aromatic rings. The monoisotopic (exact) mass is 290 g/mol. The van der Waals surface area contributed by atoms with Gasteiger partial charge in [-0.05, 0) is 12.0 Å². The number of benzene rings is 1. The van der Waals surface area contributed by atoms with Crippen molar-refractivity contribution in [1.82, 2.24) is 4.90 Å². The Bertz CT molecular complexity index is 436. The summed E-state index contributed by atoms with van der Waals surface area (Å²) in [5.41, 5.74) is 7.41. The summed E-state index contributed by atoms with van der Waals surface area (Å²) in [5, 5.41) is 0. The van der Waals surface area contributed by atoms with Crippen LogP contribution in [0.2, 0.25) is 0 Å². The number of likely N-dealkylation sites (tertiary alicyclic amines) is 1. The fourth-order valence-corrected chi connectivity index (χ4v) is 2.79. The molecule has 0 aromatic heterocycles. The molecular formula is C17H26N2O2. The number of hydrogen-bond donors (Lipinski definition) is 1. The minimum atomic E-state index is 0.0106. The maximum absolute atomic E-state index is 12.1. The van der Waals surface area contributed by atoms with Crippen LogP contribution in [-0.2, 0) is 9.53 Å². The zero-order valence-corrected chi connectivity index (χ0v) is 12.8. The zero-order chi connectivity index (χ0) is 15.1. The average molecular weight is 290 g/mol. The van der Waals surface area contributed by atoms with E-state index in [1.807, 2.05) is 23.1 Å². The van der Waals surface area contributed by atoms with Crippen LogP contribution in [-0.4, -0.2) is 43.2 Å². The third kappa shape index (κ3) is 4.55. The van der Waals surface area contributed by atoms with Crippen LogP contribution in [0.5, 0.6) is 0 Å². The first-order chi connectivity index (χ1) is 10.2. The molecule has 4 nitrogen and oxygen atoms in total. The smallest absolute Gasteiger partial charge is 0.248 e. The van der Waals surface area contributed by atoms with E-state index < -0.39 is 0 Å². The Morgan fingerprint density at radius 3 is 2.76 bits per heavy atom. The van der Waals surface area contributed by atoms with Crippen LogP contribution < -0.4 is 5.73 Å². The standard InChI is InChI=1S/C17H26N2O2/c1-2-3-7-10-21-13-17(20)19-11-15(16(18)12-19)14-8-5-4-6-9-14/h4-6,8-9,15-16H,2-3,7,10-13,18H2,1H3/t15-,16+/m0/s1. The lowest BCUT2D eigenvalue weighted by Gasteiger charge is -2.16. The van der Waals surface area contributed by atoms with Crippen molar-refractivity contribution < 1.29 is 9.53 Å². The molecule has 116 valence electrons. The van der Waals surface area contributed by atoms with Crippen LogP contribution in [0.25, 0.3) is 0 Å². The van der Waals surface area contributed by atoms with Crippen LogP contribution in [0.3, 0.4) is 0 Å². The van der Waals surface area contributed by atoms with Crippen molar-refractivity contribution in [2.45, 2.75) is 38.1 Å². The normalized spacial score (nSPS) is 21.7. The fourth-order valence-electron chi connectivity index (χ4n) is 2.79. The molecule has 1 aliphatic rings. The maximum Gasteiger partial charge on any atom is 0.248 e. The molecule has 21 heavy (non-hydrogen) atoms. The predicted molar refractivity (Wildman–Crippen MR) is 84.1 cm³/mol. The van der Waals surface area contributed by atoms with E-state index >= 15 is 0 Å². The highest BCUT2D eigenvalue weighted by atomic mass is 16.5. The van der Waals surface area contributed by atoms with Gasteiger partial charge < -0.3 is 15.4 Å². The summed E-state index contributed by atoms with van der Waals surface area (Å²) in [6, 6.07) is 10.2. The van der Waals surface area contributed by atoms with Gasteiger partial charge in [0, 0.05) is 31.7 Å². The van der Waals surface area contributed by atoms with E-state index in [-0.39, 0.29) is 24.5 Å². The molecule has 2 N–H and O–H groups in total. The molecular weight excluding hydrogens is 264 g/mol. The molecule has 1 saturated heterocycles. The SMILES string of the molecule is CCCCCOCC(=O)N1C[C@@H](N)[C@H](c2ccccc2)C1. The maximum atomic E-state index is 12.1. The Labute approximate surface area is 127 Å². The number of unbranched alkanes of at least 4 members (excludes halogenated alkanes) is 2. The number of hydrogen-bond acceptors (Lipinski definition) is 3. The second kappa shape index (κ2) is 8.15. The summed E-state index contributed by atoms with van der Waals surface area (Å²) in [6.45, 7) is 4.32. The lowest BCUT2D eigenvalue weighted by molar-refractivity contribution is -0.135. The molecule has 4 heteroatoms. The molecule has 0 bridgehead atoms. The first-order valence-corrected chi connectivity index (χ1v) is 7.88. The van der Waals surface area contributed by atoms with E-state index in [4.69, 9.17) is 10.5 Å². The minimum Gasteiger partial charge on any atom is -0.372 e. The molecule has 0 spiro atoms. The minimum absolute atomic E-state index is 0.0106. The van der Waals surface area contributed by atoms with Crippen molar-refractivity contribution in [3.63, 3.8) is 0 Å². The zero-order valence-electron chi connectivity index (χ0n) is 12.8. The van der Waals surface area contributed by atoms with Crippen LogP contribution in [0.15, 0.2) is 30.3 Å². The third-order valence-electron chi connectivity index (χ3n) is 4.06. The van der Waals surface area contributed by atoms with Crippen molar-refractivity contribution in [3.05, 3.63) is 35.9 Å². The quantitative estimate of drug-likeness (QED) is 0.783. The number of carbonyl (C=O) groups excluding carboxylic acids is 1. The lowest BCUT2D eigenvalue weighted by Crippen LogP contribution is -2.34. The highest BCUT2D eigenvalue weighted by molar-refractivity contribution is 5.78. The number of amides is 1. The van der Waals surface area contributed by atoms with Crippen LogP contribution >= 0.6 is 0 Å². The summed E-state index contributed by atoms with van der Waals surface area (Å²) in [7, 11) is 0. The number of ether oxygens (including phenoxy) is 1. The summed E-state index contributed by atoms with van der Waals surface area (Å²) in [4.78, 5) is 14.0. The van der Waals surface area contributed by atoms with Gasteiger partial charge in [0.2, 0.25) is 5.91 Å². The molecule has 1 aromatic carbocycles. The van der Waals surface area contributed by atoms with Crippen molar-refractivity contribution >= 4 is 5.91 Å². The van der Waals surface area contributed by atoms with Gasteiger partial charge in [-0.3, -0.25) is 4.79 Å². The molecule has 1 amide bonds. The molecule has 2 rings (SSSR count). The Morgan fingerprint density at radius 1 is 1.29 bits per heavy atom. The third-order valence-corrected chi connectivity index (χ3v) is 4.06. The number of rotatable bonds is 7. The second-order valence-electron chi connectivity index (χ2n) is 5.74. The Kier molecular flexibility index (Phi) is 6.21. The van der Waals surface area contributed by atoms with Gasteiger partial charge in [0.1, 0.15) is 6.61 Å². The van der Waals surface area contributed by atoms with E-state index in [0.717, 1.165) is 19.3 Å². The van der Waals surface area contributed by atoms with Crippen LogP contribution in [0.4, 0.5) is 0 Å². The van der Waals surface area contributed by atoms with Crippen LogP contribution in [0.1, 0.15) is 37.7 Å². The van der Waals surface area contributed by atoms with Gasteiger partial charge in [0.15, 0.2) is 0 Å². The fraction of sp³-hybridized carbons (Fsp3) is 0.588. The van der Waals surface area contributed by atoms with Crippen LogP contribution in [0, 0.1) is 0 Å². The number of carbonyl (C=O) groups is 1. The summed E-state index contributed by atoms with van der Waals surface area (Å²) in [6.07, 6.45) is 3.34. The Balaban J connectivity index is 1.79. The van der Waals surface area contributed by atoms with Crippen molar-refractivity contribution in [1.29, 1.82) is 0 Å². The van der Waals surface area contributed by atoms with Gasteiger partial charge in [0.25, 0.3) is 0 Å². The first kappa shape index (κ1) is 16.0. The second-order valence-corrected chi connectivity index (χ2v) is 5.74. The van der Waals surface area contributed by atoms with Gasteiger partial charge in [-0.15, -0.1) is 0 Å². The molecule has 0 saturated carbocycles. The highest BCUT2D eigenvalue weighted by Gasteiger charge is 2.33. The average Bonchev–Trinajstić information content (AvgIpc) is 2.90. The summed E-state index contributed by atoms with van der Waals surface area (Å²) >= 11 is 0. The molecule has 1 heterocycles. The van der Waals surface area contributed by atoms with Crippen molar-refractivity contribution in [2.24, 2.45) is 5.73 Å². The Morgan fingerprint density at radius 2 is 2.05 bits per heavy atom. The lowest BCUT2D eigenvalue weighted by atomic mass is 9.95. The molecule has 0 radical (unpaired) electrons. The molecule has 0 aliphatic carbocycles. The van der Waals surface area contributed by atoms with Gasteiger partial charge in [-0.2, -0.15) is 0 Å². The molecule has 1 aliphatic heterocycles. The predicted octanol–water partition coefficient (Wildman–Crippen LogP) is 2.15. The van der Waals surface area contributed by atoms with E-state index in [0.29, 0.717) is 19.7 Å². The van der Waals surface area contributed by atoms with Gasteiger partial charge in [-0.25, -0.2) is 0 Å². The summed E-state index contributed by atoms with van der Waals surface area (Å²) in [5.74, 6) is 0.288. The van der Waals surface area contributed by atoms with E-state index in [1.54, 1.807) is 0 Å². The number of nitrogens with two attached hydrogens (primary N) is 1. The summed E-state index contributed by atoms with van der Waals surface area (Å²) < 4.78 is 5.45. The topological polar surface area (TPSA) is 55.6 Å². The molecule has 0 unspecified atom stereocenters. The highest BCUT2D eigenvalue weighted by Crippen LogP contribution is 2.26. The van der Waals surface area contributed by atoms with E-state index in [2.05, 4.69) is 19.1 Å². The molecule has 1 fully saturated rings. The largest absolute Gasteiger partial charge is 0.372 e. The molecule has 2 atom stereocenters. The van der Waals surface area contributed by atoms with Crippen molar-refractivity contribution in [2.75, 3.05) is 26.3 Å². The van der Waals surface area contributed by atoms with Gasteiger partial charge in [0.05, 0.1) is 0 Å². The first-order valence-electron chi connectivity index (χ1n) is 7.88. The van der Waals surface area contributed by atoms with Gasteiger partial charge in [-0.1, -0.05) is 50.1 Å². The number of nitrogens with zero attached hydrogens (tertiary/aromatic N) is 1. The Hall–Kier alpha value is -1.39. The van der Waals surface area contributed by atoms with E-state index in [1.165, 1.54) is 5.56 Å². The van der Waals surface area contributed by atoms with Gasteiger partial charge >= 0.3 is 0 Å². The van der Waals surface area contributed by atoms with Crippen molar-refractivity contribution in [3.8, 4) is 0 Å². The van der Waals surface area contributed by atoms with E-state index in [9.17, 15) is 4.79 Å².